The summed E-state index contributed by atoms with van der Waals surface area (Å²) in [4.78, 5) is 13.6. The Morgan fingerprint density at radius 2 is 1.68 bits per heavy atom. The zero-order chi connectivity index (χ0) is 20.1. The van der Waals surface area contributed by atoms with Gasteiger partial charge in [-0.15, -0.1) is 0 Å². The standard InChI is InChI=1S/C22H23F2NO3/c1-21(2,27)19-11-22(23,24)13-25(19)20(26)28-12-18-16-9-5-3-7-14(16)15-8-4-6-10-17(15)18/h3-10,18-19,27H,11-13H2,1-2H3/t19-/m0/s1. The Hall–Kier alpha value is -2.47. The molecule has 1 N–H and O–H groups in total. The van der Waals surface area contributed by atoms with Gasteiger partial charge in [0, 0.05) is 12.3 Å². The number of benzene rings is 2. The summed E-state index contributed by atoms with van der Waals surface area (Å²) in [5.74, 6) is -3.17. The third-order valence-electron chi connectivity index (χ3n) is 5.66. The number of hydrogen-bond donors (Lipinski definition) is 1. The second-order valence-corrected chi connectivity index (χ2v) is 8.16. The summed E-state index contributed by atoms with van der Waals surface area (Å²) in [5, 5.41) is 10.2. The van der Waals surface area contributed by atoms with Gasteiger partial charge in [-0.2, -0.15) is 0 Å². The molecular formula is C22H23F2NO3. The quantitative estimate of drug-likeness (QED) is 0.848. The van der Waals surface area contributed by atoms with Crippen LogP contribution in [0.1, 0.15) is 37.3 Å². The van der Waals surface area contributed by atoms with E-state index in [9.17, 15) is 18.7 Å². The van der Waals surface area contributed by atoms with Crippen LogP contribution >= 0.6 is 0 Å². The molecule has 1 fully saturated rings. The zero-order valence-corrected chi connectivity index (χ0v) is 15.9. The average Bonchev–Trinajstić information content (AvgIpc) is 3.14. The molecule has 1 heterocycles. The lowest BCUT2D eigenvalue weighted by Crippen LogP contribution is -2.48. The number of aliphatic hydroxyl groups is 1. The van der Waals surface area contributed by atoms with Gasteiger partial charge < -0.3 is 9.84 Å². The SMILES string of the molecule is CC(C)(O)[C@@H]1CC(F)(F)CN1C(=O)OCC1c2ccccc2-c2ccccc21. The second kappa shape index (κ2) is 6.55. The van der Waals surface area contributed by atoms with E-state index in [4.69, 9.17) is 4.74 Å². The molecule has 1 aliphatic heterocycles. The summed E-state index contributed by atoms with van der Waals surface area (Å²) in [6.45, 7) is 2.19. The third-order valence-corrected chi connectivity index (χ3v) is 5.66. The van der Waals surface area contributed by atoms with Crippen molar-refractivity contribution in [2.45, 2.75) is 43.8 Å². The highest BCUT2D eigenvalue weighted by atomic mass is 19.3. The van der Waals surface area contributed by atoms with Gasteiger partial charge in [0.05, 0.1) is 18.2 Å². The van der Waals surface area contributed by atoms with Crippen LogP contribution in [-0.4, -0.2) is 46.8 Å². The van der Waals surface area contributed by atoms with Crippen LogP contribution in [0, 0.1) is 0 Å². The number of ether oxygens (including phenoxy) is 1. The highest BCUT2D eigenvalue weighted by molar-refractivity contribution is 5.79. The highest BCUT2D eigenvalue weighted by Gasteiger charge is 2.52. The minimum atomic E-state index is -3.03. The number of nitrogens with zero attached hydrogens (tertiary/aromatic N) is 1. The van der Waals surface area contributed by atoms with Gasteiger partial charge in [0.2, 0.25) is 0 Å². The van der Waals surface area contributed by atoms with Gasteiger partial charge in [0.25, 0.3) is 5.92 Å². The molecule has 0 unspecified atom stereocenters. The van der Waals surface area contributed by atoms with Crippen LogP contribution in [0.15, 0.2) is 48.5 Å². The van der Waals surface area contributed by atoms with Crippen LogP contribution < -0.4 is 0 Å². The van der Waals surface area contributed by atoms with Crippen molar-refractivity contribution in [2.24, 2.45) is 0 Å². The van der Waals surface area contributed by atoms with Crippen LogP contribution in [0.2, 0.25) is 0 Å². The van der Waals surface area contributed by atoms with Gasteiger partial charge in [-0.3, -0.25) is 4.90 Å². The first-order valence-electron chi connectivity index (χ1n) is 9.39. The Morgan fingerprint density at radius 3 is 2.21 bits per heavy atom. The summed E-state index contributed by atoms with van der Waals surface area (Å²) >= 11 is 0. The third kappa shape index (κ3) is 3.26. The Kier molecular flexibility index (Phi) is 4.42. The largest absolute Gasteiger partial charge is 0.448 e. The number of carbonyl (C=O) groups is 1. The van der Waals surface area contributed by atoms with E-state index in [1.165, 1.54) is 13.8 Å². The molecular weight excluding hydrogens is 364 g/mol. The highest BCUT2D eigenvalue weighted by Crippen LogP contribution is 2.45. The fraction of sp³-hybridized carbons (Fsp3) is 0.409. The van der Waals surface area contributed by atoms with Gasteiger partial charge in [0.15, 0.2) is 0 Å². The average molecular weight is 387 g/mol. The molecule has 4 nitrogen and oxygen atoms in total. The number of likely N-dealkylation sites (tertiary alicyclic amines) is 1. The first-order valence-corrected chi connectivity index (χ1v) is 9.39. The Balaban J connectivity index is 1.54. The summed E-state index contributed by atoms with van der Waals surface area (Å²) in [6, 6.07) is 14.9. The maximum Gasteiger partial charge on any atom is 0.410 e. The molecule has 2 aromatic carbocycles. The molecule has 1 amide bonds. The molecule has 1 aliphatic carbocycles. The number of carbonyl (C=O) groups excluding carboxylic acids is 1. The monoisotopic (exact) mass is 387 g/mol. The molecule has 0 aromatic heterocycles. The molecule has 1 saturated heterocycles. The van der Waals surface area contributed by atoms with Crippen molar-refractivity contribution < 1.29 is 23.4 Å². The first kappa shape index (κ1) is 18.9. The summed E-state index contributed by atoms with van der Waals surface area (Å²) in [6.07, 6.45) is -1.38. The fourth-order valence-corrected chi connectivity index (χ4v) is 4.32. The smallest absolute Gasteiger partial charge is 0.410 e. The minimum Gasteiger partial charge on any atom is -0.448 e. The molecule has 0 radical (unpaired) electrons. The van der Waals surface area contributed by atoms with E-state index >= 15 is 0 Å². The van der Waals surface area contributed by atoms with E-state index in [-0.39, 0.29) is 12.5 Å². The van der Waals surface area contributed by atoms with Gasteiger partial charge in [-0.1, -0.05) is 48.5 Å². The number of halogens is 2. The molecule has 4 rings (SSSR count). The minimum absolute atomic E-state index is 0.0630. The predicted molar refractivity (Wildman–Crippen MR) is 101 cm³/mol. The summed E-state index contributed by atoms with van der Waals surface area (Å²) in [7, 11) is 0. The molecule has 2 aliphatic rings. The lowest BCUT2D eigenvalue weighted by molar-refractivity contribution is -0.00887. The number of alkyl halides is 2. The molecule has 6 heteroatoms. The van der Waals surface area contributed by atoms with Crippen LogP contribution in [0.3, 0.4) is 0 Å². The number of rotatable bonds is 3. The summed E-state index contributed by atoms with van der Waals surface area (Å²) < 4.78 is 33.3. The van der Waals surface area contributed by atoms with E-state index in [2.05, 4.69) is 0 Å². The topological polar surface area (TPSA) is 49.8 Å². The molecule has 148 valence electrons. The van der Waals surface area contributed by atoms with Crippen molar-refractivity contribution in [3.8, 4) is 11.1 Å². The van der Waals surface area contributed by atoms with E-state index in [0.29, 0.717) is 0 Å². The van der Waals surface area contributed by atoms with Crippen molar-refractivity contribution in [1.29, 1.82) is 0 Å². The van der Waals surface area contributed by atoms with Crippen LogP contribution in [0.5, 0.6) is 0 Å². The number of amides is 1. The molecule has 0 saturated carbocycles. The van der Waals surface area contributed by atoms with Crippen LogP contribution in [0.4, 0.5) is 13.6 Å². The van der Waals surface area contributed by atoms with Gasteiger partial charge in [-0.25, -0.2) is 13.6 Å². The molecule has 28 heavy (non-hydrogen) atoms. The fourth-order valence-electron chi connectivity index (χ4n) is 4.32. The van der Waals surface area contributed by atoms with Crippen molar-refractivity contribution in [3.05, 3.63) is 59.7 Å². The Bertz CT molecular complexity index is 861. The lowest BCUT2D eigenvalue weighted by Gasteiger charge is -2.32. The normalized spacial score (nSPS) is 20.8. The van der Waals surface area contributed by atoms with E-state index in [1.54, 1.807) is 0 Å². The Morgan fingerprint density at radius 1 is 1.14 bits per heavy atom. The zero-order valence-electron chi connectivity index (χ0n) is 15.9. The van der Waals surface area contributed by atoms with Crippen LogP contribution in [0.25, 0.3) is 11.1 Å². The summed E-state index contributed by atoms with van der Waals surface area (Å²) in [5.41, 5.74) is 2.87. The van der Waals surface area contributed by atoms with Gasteiger partial charge >= 0.3 is 6.09 Å². The first-order chi connectivity index (χ1) is 13.2. The molecule has 1 atom stereocenters. The Labute approximate surface area is 162 Å². The van der Waals surface area contributed by atoms with Crippen molar-refractivity contribution >= 4 is 6.09 Å². The van der Waals surface area contributed by atoms with Crippen LogP contribution in [-0.2, 0) is 4.74 Å². The van der Waals surface area contributed by atoms with E-state index in [1.807, 2.05) is 48.5 Å². The maximum atomic E-state index is 13.9. The molecule has 0 spiro atoms. The molecule has 0 bridgehead atoms. The van der Waals surface area contributed by atoms with E-state index in [0.717, 1.165) is 27.2 Å². The molecule has 2 aromatic rings. The van der Waals surface area contributed by atoms with Gasteiger partial charge in [-0.05, 0) is 36.1 Å². The maximum absolute atomic E-state index is 13.9. The second-order valence-electron chi connectivity index (χ2n) is 8.16. The predicted octanol–water partition coefficient (Wildman–Crippen LogP) is 4.42. The lowest BCUT2D eigenvalue weighted by atomic mass is 9.96. The van der Waals surface area contributed by atoms with E-state index < -0.39 is 36.6 Å². The number of hydrogen-bond acceptors (Lipinski definition) is 3. The van der Waals surface area contributed by atoms with Gasteiger partial charge in [0.1, 0.15) is 6.61 Å². The number of fused-ring (bicyclic) bond motifs is 3. The van der Waals surface area contributed by atoms with Crippen molar-refractivity contribution in [1.82, 2.24) is 4.90 Å². The van der Waals surface area contributed by atoms with Crippen molar-refractivity contribution in [2.75, 3.05) is 13.2 Å². The van der Waals surface area contributed by atoms with Crippen molar-refractivity contribution in [3.63, 3.8) is 0 Å².